The summed E-state index contributed by atoms with van der Waals surface area (Å²) in [5.74, 6) is 0.772. The van der Waals surface area contributed by atoms with Crippen molar-refractivity contribution in [1.82, 2.24) is 29.1 Å². The fraction of sp³-hybridized carbons (Fsp3) is 0.174. The van der Waals surface area contributed by atoms with Gasteiger partial charge in [-0.2, -0.15) is 5.10 Å². The maximum atomic E-state index is 13.4. The molecular formula is C23H19FN6O2. The summed E-state index contributed by atoms with van der Waals surface area (Å²) in [5, 5.41) is 4.70. The van der Waals surface area contributed by atoms with Crippen molar-refractivity contribution in [2.45, 2.75) is 20.3 Å². The Bertz CT molecular complexity index is 1460. The van der Waals surface area contributed by atoms with E-state index in [1.807, 2.05) is 30.7 Å². The van der Waals surface area contributed by atoms with Gasteiger partial charge in [-0.15, -0.1) is 0 Å². The zero-order chi connectivity index (χ0) is 22.4. The maximum absolute atomic E-state index is 13.4. The summed E-state index contributed by atoms with van der Waals surface area (Å²) in [4.78, 5) is 25.7. The van der Waals surface area contributed by atoms with Gasteiger partial charge in [0.25, 0.3) is 0 Å². The minimum atomic E-state index is -0.302. The lowest BCUT2D eigenvalue weighted by Crippen LogP contribution is -2.04. The number of fused-ring (bicyclic) bond motifs is 1. The van der Waals surface area contributed by atoms with Crippen LogP contribution in [-0.2, 0) is 13.5 Å². The molecule has 0 bridgehead atoms. The number of halogens is 1. The molecule has 0 radical (unpaired) electrons. The fourth-order valence-corrected chi connectivity index (χ4v) is 3.60. The number of aromatic nitrogens is 6. The third-order valence-electron chi connectivity index (χ3n) is 5.30. The minimum Gasteiger partial charge on any atom is -0.449 e. The quantitative estimate of drug-likeness (QED) is 0.392. The number of imidazole rings is 2. The highest BCUT2D eigenvalue weighted by molar-refractivity contribution is 5.95. The second kappa shape index (κ2) is 7.52. The first kappa shape index (κ1) is 19.8. The zero-order valence-electron chi connectivity index (χ0n) is 17.7. The van der Waals surface area contributed by atoms with Crippen molar-refractivity contribution in [3.05, 3.63) is 77.8 Å². The van der Waals surface area contributed by atoms with Crippen LogP contribution < -0.4 is 0 Å². The number of ketones is 1. The molecule has 0 aliphatic rings. The van der Waals surface area contributed by atoms with Crippen LogP contribution in [0.15, 0.2) is 53.3 Å². The molecule has 0 aliphatic carbocycles. The molecule has 4 heterocycles. The molecule has 9 heteroatoms. The molecule has 0 saturated carbocycles. The van der Waals surface area contributed by atoms with E-state index in [9.17, 15) is 9.18 Å². The predicted molar refractivity (Wildman–Crippen MR) is 115 cm³/mol. The van der Waals surface area contributed by atoms with Crippen LogP contribution in [0.1, 0.15) is 27.9 Å². The van der Waals surface area contributed by atoms with Gasteiger partial charge >= 0.3 is 0 Å². The van der Waals surface area contributed by atoms with Gasteiger partial charge in [-0.3, -0.25) is 4.79 Å². The Labute approximate surface area is 182 Å². The summed E-state index contributed by atoms with van der Waals surface area (Å²) in [7, 11) is 1.91. The molecule has 4 aromatic heterocycles. The molecule has 1 aromatic carbocycles. The summed E-state index contributed by atoms with van der Waals surface area (Å²) in [6.07, 6.45) is 3.17. The van der Waals surface area contributed by atoms with E-state index < -0.39 is 0 Å². The summed E-state index contributed by atoms with van der Waals surface area (Å²) in [6, 6.07) is 9.92. The monoisotopic (exact) mass is 430 g/mol. The van der Waals surface area contributed by atoms with Gasteiger partial charge < -0.3 is 8.98 Å². The highest BCUT2D eigenvalue weighted by Crippen LogP contribution is 2.31. The Morgan fingerprint density at radius 2 is 1.84 bits per heavy atom. The molecule has 5 rings (SSSR count). The van der Waals surface area contributed by atoms with E-state index in [-0.39, 0.29) is 23.7 Å². The molecule has 0 N–H and O–H groups in total. The van der Waals surface area contributed by atoms with Crippen molar-refractivity contribution >= 4 is 11.4 Å². The zero-order valence-corrected chi connectivity index (χ0v) is 17.7. The van der Waals surface area contributed by atoms with E-state index in [0.29, 0.717) is 28.6 Å². The number of benzene rings is 1. The molecule has 5 aromatic rings. The second-order valence-electron chi connectivity index (χ2n) is 7.53. The third kappa shape index (κ3) is 3.47. The topological polar surface area (TPSA) is 91.1 Å². The first-order valence-electron chi connectivity index (χ1n) is 9.99. The second-order valence-corrected chi connectivity index (χ2v) is 7.53. The number of Topliss-reactive ketones (excluding diaryl/α,β-unsaturated/α-hetero) is 1. The van der Waals surface area contributed by atoms with Crippen molar-refractivity contribution < 1.29 is 13.6 Å². The summed E-state index contributed by atoms with van der Waals surface area (Å²) in [6.45, 7) is 3.59. The number of hydrogen-bond acceptors (Lipinski definition) is 6. The van der Waals surface area contributed by atoms with E-state index in [1.54, 1.807) is 29.8 Å². The lowest BCUT2D eigenvalue weighted by Gasteiger charge is -2.07. The van der Waals surface area contributed by atoms with Crippen molar-refractivity contribution in [1.29, 1.82) is 0 Å². The molecule has 0 atom stereocenters. The lowest BCUT2D eigenvalue weighted by atomic mass is 10.1. The molecule has 0 fully saturated rings. The summed E-state index contributed by atoms with van der Waals surface area (Å²) >= 11 is 0. The van der Waals surface area contributed by atoms with Crippen LogP contribution in [0.3, 0.4) is 0 Å². The van der Waals surface area contributed by atoms with Crippen LogP contribution in [0.4, 0.5) is 4.39 Å². The maximum Gasteiger partial charge on any atom is 0.191 e. The van der Waals surface area contributed by atoms with Crippen molar-refractivity contribution in [2.24, 2.45) is 7.05 Å². The van der Waals surface area contributed by atoms with Crippen LogP contribution in [0.2, 0.25) is 0 Å². The number of rotatable bonds is 5. The standard InChI is InChI=1S/C23H19FN6O2/c1-13-25-22(15-4-6-16(24)7-5-15)23(29(13)3)18-8-9-21-27-17(11-30(21)28-18)10-20(31)19-12-32-14(2)26-19/h4-9,11-12H,10H2,1-3H3. The smallest absolute Gasteiger partial charge is 0.191 e. The number of oxazole rings is 1. The van der Waals surface area contributed by atoms with Crippen molar-refractivity contribution in [2.75, 3.05) is 0 Å². The van der Waals surface area contributed by atoms with E-state index >= 15 is 0 Å². The molecule has 8 nitrogen and oxygen atoms in total. The van der Waals surface area contributed by atoms with Gasteiger partial charge in [-0.25, -0.2) is 23.9 Å². The van der Waals surface area contributed by atoms with Gasteiger partial charge in [0.2, 0.25) is 0 Å². The van der Waals surface area contributed by atoms with E-state index in [4.69, 9.17) is 9.52 Å². The van der Waals surface area contributed by atoms with E-state index in [0.717, 1.165) is 17.1 Å². The predicted octanol–water partition coefficient (Wildman–Crippen LogP) is 3.97. The molecular weight excluding hydrogens is 411 g/mol. The lowest BCUT2D eigenvalue weighted by molar-refractivity contribution is 0.0987. The Hall–Kier alpha value is -4.14. The number of aryl methyl sites for hydroxylation is 2. The van der Waals surface area contributed by atoms with Gasteiger partial charge in [0, 0.05) is 19.5 Å². The van der Waals surface area contributed by atoms with E-state index in [1.165, 1.54) is 18.4 Å². The third-order valence-corrected chi connectivity index (χ3v) is 5.30. The van der Waals surface area contributed by atoms with Crippen LogP contribution in [0, 0.1) is 19.7 Å². The number of nitrogens with zero attached hydrogens (tertiary/aromatic N) is 6. The molecule has 0 unspecified atom stereocenters. The van der Waals surface area contributed by atoms with Gasteiger partial charge in [0.05, 0.1) is 29.7 Å². The molecule has 32 heavy (non-hydrogen) atoms. The first-order chi connectivity index (χ1) is 15.4. The van der Waals surface area contributed by atoms with Crippen LogP contribution in [0.25, 0.3) is 28.3 Å². The summed E-state index contributed by atoms with van der Waals surface area (Å²) in [5.41, 5.74) is 4.49. The van der Waals surface area contributed by atoms with Crippen LogP contribution in [0.5, 0.6) is 0 Å². The average Bonchev–Trinajstić information content (AvgIpc) is 3.45. The molecule has 160 valence electrons. The number of hydrogen-bond donors (Lipinski definition) is 0. The van der Waals surface area contributed by atoms with Gasteiger partial charge in [0.1, 0.15) is 29.3 Å². The SMILES string of the molecule is Cc1nc(C(=O)Cc2cn3nc(-c4c(-c5ccc(F)cc5)nc(C)n4C)ccc3n2)co1. The highest BCUT2D eigenvalue weighted by atomic mass is 19.1. The minimum absolute atomic E-state index is 0.0936. The van der Waals surface area contributed by atoms with Crippen LogP contribution >= 0.6 is 0 Å². The normalized spacial score (nSPS) is 11.4. The van der Waals surface area contributed by atoms with Gasteiger partial charge in [0.15, 0.2) is 17.3 Å². The van der Waals surface area contributed by atoms with E-state index in [2.05, 4.69) is 15.0 Å². The first-order valence-corrected chi connectivity index (χ1v) is 9.99. The Balaban J connectivity index is 1.52. The van der Waals surface area contributed by atoms with Crippen LogP contribution in [-0.4, -0.2) is 34.9 Å². The fourth-order valence-electron chi connectivity index (χ4n) is 3.60. The van der Waals surface area contributed by atoms with Gasteiger partial charge in [-0.05, 0) is 43.3 Å². The number of carbonyl (C=O) groups is 1. The largest absolute Gasteiger partial charge is 0.449 e. The van der Waals surface area contributed by atoms with Gasteiger partial charge in [-0.1, -0.05) is 0 Å². The number of carbonyl (C=O) groups excluding carboxylic acids is 1. The van der Waals surface area contributed by atoms with Crippen molar-refractivity contribution in [3.8, 4) is 22.6 Å². The van der Waals surface area contributed by atoms with Crippen molar-refractivity contribution in [3.63, 3.8) is 0 Å². The molecule has 0 spiro atoms. The Morgan fingerprint density at radius 3 is 2.56 bits per heavy atom. The molecule has 0 amide bonds. The average molecular weight is 430 g/mol. The Kier molecular flexibility index (Phi) is 4.66. The highest BCUT2D eigenvalue weighted by Gasteiger charge is 2.19. The summed E-state index contributed by atoms with van der Waals surface area (Å²) < 4.78 is 22.1. The Morgan fingerprint density at radius 1 is 1.06 bits per heavy atom. The molecule has 0 aliphatic heterocycles. The molecule has 0 saturated heterocycles.